The number of halogens is 3. The van der Waals surface area contributed by atoms with Crippen LogP contribution in [0.3, 0.4) is 0 Å². The molecule has 0 N–H and O–H groups in total. The molecule has 16 heavy (non-hydrogen) atoms. The van der Waals surface area contributed by atoms with Crippen molar-refractivity contribution in [3.05, 3.63) is 59.1 Å². The number of hydrogen-bond acceptors (Lipinski definition) is 0. The van der Waals surface area contributed by atoms with E-state index in [-0.39, 0.29) is 0 Å². The summed E-state index contributed by atoms with van der Waals surface area (Å²) in [6.07, 6.45) is 0. The van der Waals surface area contributed by atoms with Gasteiger partial charge < -0.3 is 0 Å². The zero-order valence-electron chi connectivity index (χ0n) is 8.33. The van der Waals surface area contributed by atoms with Crippen LogP contribution in [0, 0.1) is 0 Å². The van der Waals surface area contributed by atoms with Gasteiger partial charge in [0, 0.05) is 5.02 Å². The molecule has 0 saturated carbocycles. The van der Waals surface area contributed by atoms with E-state index in [0.29, 0.717) is 0 Å². The largest absolute Gasteiger partial charge is 0.132 e. The molecular formula is C13H9Cl3. The van der Waals surface area contributed by atoms with Crippen LogP contribution in [0.1, 0.15) is 10.4 Å². The van der Waals surface area contributed by atoms with Crippen LogP contribution in [0.4, 0.5) is 0 Å². The van der Waals surface area contributed by atoms with Gasteiger partial charge >= 0.3 is 0 Å². The van der Waals surface area contributed by atoms with Gasteiger partial charge in [-0.15, -0.1) is 23.2 Å². The first-order chi connectivity index (χ1) is 7.66. The summed E-state index contributed by atoms with van der Waals surface area (Å²) in [7, 11) is 0. The third kappa shape index (κ3) is 2.70. The van der Waals surface area contributed by atoms with Gasteiger partial charge in [0.05, 0.1) is 0 Å². The predicted octanol–water partition coefficient (Wildman–Crippen LogP) is 5.48. The fourth-order valence-corrected chi connectivity index (χ4v) is 1.97. The first kappa shape index (κ1) is 11.8. The normalized spacial score (nSPS) is 10.8. The second-order valence-corrected chi connectivity index (χ2v) is 4.97. The lowest BCUT2D eigenvalue weighted by atomic mass is 10.0. The maximum absolute atomic E-state index is 5.93. The van der Waals surface area contributed by atoms with E-state index in [1.165, 1.54) is 0 Å². The van der Waals surface area contributed by atoms with Crippen LogP contribution in [0.5, 0.6) is 0 Å². The second-order valence-electron chi connectivity index (χ2n) is 3.43. The molecule has 3 heteroatoms. The van der Waals surface area contributed by atoms with Crippen LogP contribution in [-0.2, 0) is 0 Å². The Morgan fingerprint density at radius 1 is 0.812 bits per heavy atom. The van der Waals surface area contributed by atoms with E-state index in [1.807, 2.05) is 48.5 Å². The van der Waals surface area contributed by atoms with Gasteiger partial charge in [-0.3, -0.25) is 0 Å². The highest BCUT2D eigenvalue weighted by Gasteiger charge is 2.03. The number of benzene rings is 2. The fraction of sp³-hybridized carbons (Fsp3) is 0.0769. The third-order valence-electron chi connectivity index (χ3n) is 2.32. The molecule has 0 nitrogen and oxygen atoms in total. The van der Waals surface area contributed by atoms with Crippen LogP contribution in [0.15, 0.2) is 48.5 Å². The first-order valence-corrected chi connectivity index (χ1v) is 6.06. The summed E-state index contributed by atoms with van der Waals surface area (Å²) in [5, 5.41) is 0.731. The maximum atomic E-state index is 5.93. The van der Waals surface area contributed by atoms with Crippen molar-refractivity contribution >= 4 is 34.8 Å². The molecule has 0 aliphatic rings. The van der Waals surface area contributed by atoms with Crippen LogP contribution < -0.4 is 0 Å². The van der Waals surface area contributed by atoms with Gasteiger partial charge in [-0.25, -0.2) is 0 Å². The predicted molar refractivity (Wildman–Crippen MR) is 71.3 cm³/mol. The minimum absolute atomic E-state index is 0.478. The Kier molecular flexibility index (Phi) is 3.75. The van der Waals surface area contributed by atoms with Crippen LogP contribution in [-0.4, -0.2) is 0 Å². The van der Waals surface area contributed by atoms with Crippen molar-refractivity contribution < 1.29 is 0 Å². The first-order valence-electron chi connectivity index (χ1n) is 4.81. The van der Waals surface area contributed by atoms with Crippen molar-refractivity contribution in [1.82, 2.24) is 0 Å². The van der Waals surface area contributed by atoms with E-state index >= 15 is 0 Å². The Morgan fingerprint density at radius 3 is 2.06 bits per heavy atom. The van der Waals surface area contributed by atoms with Crippen LogP contribution >= 0.6 is 34.8 Å². The van der Waals surface area contributed by atoms with E-state index < -0.39 is 4.84 Å². The summed E-state index contributed by atoms with van der Waals surface area (Å²) in [5.74, 6) is 0. The Morgan fingerprint density at radius 2 is 1.50 bits per heavy atom. The molecular weight excluding hydrogens is 263 g/mol. The highest BCUT2D eigenvalue weighted by atomic mass is 35.5. The molecule has 0 radical (unpaired) electrons. The average Bonchev–Trinajstić information content (AvgIpc) is 2.29. The van der Waals surface area contributed by atoms with Gasteiger partial charge in [-0.2, -0.15) is 0 Å². The molecule has 0 bridgehead atoms. The zero-order chi connectivity index (χ0) is 11.5. The molecule has 2 aromatic rings. The number of alkyl halides is 2. The molecule has 2 rings (SSSR count). The molecule has 0 spiro atoms. The molecule has 2 aromatic carbocycles. The lowest BCUT2D eigenvalue weighted by molar-refractivity contribution is 1.35. The lowest BCUT2D eigenvalue weighted by Gasteiger charge is -2.05. The molecule has 0 aliphatic carbocycles. The summed E-state index contributed by atoms with van der Waals surface area (Å²) in [4.78, 5) is -0.478. The molecule has 0 unspecified atom stereocenters. The summed E-state index contributed by atoms with van der Waals surface area (Å²) in [6.45, 7) is 0. The van der Waals surface area contributed by atoms with E-state index in [9.17, 15) is 0 Å². The molecule has 0 aromatic heterocycles. The average molecular weight is 272 g/mol. The molecule has 0 heterocycles. The van der Waals surface area contributed by atoms with Crippen molar-refractivity contribution in [3.8, 4) is 11.1 Å². The van der Waals surface area contributed by atoms with E-state index in [4.69, 9.17) is 34.8 Å². The third-order valence-corrected chi connectivity index (χ3v) is 3.06. The second kappa shape index (κ2) is 5.09. The smallest absolute Gasteiger partial charge is 0.100 e. The molecule has 0 saturated heterocycles. The summed E-state index contributed by atoms with van der Waals surface area (Å²) < 4.78 is 0. The lowest BCUT2D eigenvalue weighted by Crippen LogP contribution is -1.82. The highest BCUT2D eigenvalue weighted by Crippen LogP contribution is 2.28. The van der Waals surface area contributed by atoms with Gasteiger partial charge in [0.2, 0.25) is 0 Å². The fourth-order valence-electron chi connectivity index (χ4n) is 1.49. The van der Waals surface area contributed by atoms with Gasteiger partial charge in [-0.1, -0.05) is 48.0 Å². The summed E-state index contributed by atoms with van der Waals surface area (Å²) in [6, 6.07) is 15.5. The molecule has 0 fully saturated rings. The zero-order valence-corrected chi connectivity index (χ0v) is 10.6. The highest BCUT2D eigenvalue weighted by molar-refractivity contribution is 6.44. The van der Waals surface area contributed by atoms with Crippen LogP contribution in [0.25, 0.3) is 11.1 Å². The van der Waals surface area contributed by atoms with Gasteiger partial charge in [-0.05, 0) is 28.8 Å². The van der Waals surface area contributed by atoms with Gasteiger partial charge in [0.15, 0.2) is 0 Å². The topological polar surface area (TPSA) is 0 Å². The van der Waals surface area contributed by atoms with E-state index in [2.05, 4.69) is 0 Å². The monoisotopic (exact) mass is 270 g/mol. The summed E-state index contributed by atoms with van der Waals surface area (Å²) in [5.41, 5.74) is 3.08. The Labute approximate surface area is 110 Å². The van der Waals surface area contributed by atoms with Crippen molar-refractivity contribution in [2.75, 3.05) is 0 Å². The van der Waals surface area contributed by atoms with Gasteiger partial charge in [0.25, 0.3) is 0 Å². The SMILES string of the molecule is Clc1cccc(-c2ccc(C(Cl)Cl)cc2)c1. The Bertz CT molecular complexity index is 475. The van der Waals surface area contributed by atoms with Crippen LogP contribution in [0.2, 0.25) is 5.02 Å². The van der Waals surface area contributed by atoms with Crippen molar-refractivity contribution in [1.29, 1.82) is 0 Å². The number of rotatable bonds is 2. The Balaban J connectivity index is 2.35. The quantitative estimate of drug-likeness (QED) is 0.634. The number of hydrogen-bond donors (Lipinski definition) is 0. The molecule has 82 valence electrons. The maximum Gasteiger partial charge on any atom is 0.132 e. The molecule has 0 atom stereocenters. The molecule has 0 amide bonds. The minimum atomic E-state index is -0.478. The molecule has 0 aliphatic heterocycles. The van der Waals surface area contributed by atoms with Crippen molar-refractivity contribution in [2.24, 2.45) is 0 Å². The van der Waals surface area contributed by atoms with Gasteiger partial charge in [0.1, 0.15) is 4.84 Å². The van der Waals surface area contributed by atoms with Crippen molar-refractivity contribution in [3.63, 3.8) is 0 Å². The van der Waals surface area contributed by atoms with E-state index in [0.717, 1.165) is 21.7 Å². The standard InChI is InChI=1S/C13H9Cl3/c14-12-3-1-2-11(8-12)9-4-6-10(7-5-9)13(15)16/h1-8,13H. The van der Waals surface area contributed by atoms with Crippen molar-refractivity contribution in [2.45, 2.75) is 4.84 Å². The minimum Gasteiger partial charge on any atom is -0.100 e. The summed E-state index contributed by atoms with van der Waals surface area (Å²) >= 11 is 17.5. The Hall–Kier alpha value is -0.690. The van der Waals surface area contributed by atoms with E-state index in [1.54, 1.807) is 0 Å².